The van der Waals surface area contributed by atoms with Crippen LogP contribution in [0.15, 0.2) is 188 Å². The van der Waals surface area contributed by atoms with Crippen LogP contribution in [0.1, 0.15) is 0 Å². The van der Waals surface area contributed by atoms with E-state index in [4.69, 9.17) is 0 Å². The van der Waals surface area contributed by atoms with Crippen LogP contribution in [-0.4, -0.2) is 4.57 Å². The van der Waals surface area contributed by atoms with Crippen molar-refractivity contribution in [1.82, 2.24) is 4.57 Å². The molecular formula is C50H31N. The van der Waals surface area contributed by atoms with E-state index < -0.39 is 0 Å². The number of fused-ring (bicyclic) bond motifs is 11. The van der Waals surface area contributed by atoms with Gasteiger partial charge in [-0.05, 0) is 106 Å². The smallest absolute Gasteiger partial charge is 0.0553 e. The molecule has 0 bridgehead atoms. The zero-order chi connectivity index (χ0) is 33.5. The van der Waals surface area contributed by atoms with E-state index in [1.165, 1.54) is 97.9 Å². The fourth-order valence-corrected chi connectivity index (χ4v) is 8.76. The maximum Gasteiger partial charge on any atom is 0.0553 e. The minimum absolute atomic E-state index is 1.16. The largest absolute Gasteiger partial charge is 0.309 e. The van der Waals surface area contributed by atoms with Gasteiger partial charge in [0.2, 0.25) is 0 Å². The highest BCUT2D eigenvalue weighted by molar-refractivity contribution is 6.31. The third-order valence-corrected chi connectivity index (χ3v) is 10.9. The quantitative estimate of drug-likeness (QED) is 0.169. The molecule has 10 aromatic carbocycles. The van der Waals surface area contributed by atoms with Crippen molar-refractivity contribution in [3.63, 3.8) is 0 Å². The summed E-state index contributed by atoms with van der Waals surface area (Å²) >= 11 is 0. The van der Waals surface area contributed by atoms with Crippen molar-refractivity contribution in [3.05, 3.63) is 188 Å². The van der Waals surface area contributed by atoms with Crippen LogP contribution in [0.2, 0.25) is 0 Å². The molecule has 0 spiro atoms. The molecule has 0 amide bonds. The molecule has 0 fully saturated rings. The van der Waals surface area contributed by atoms with Gasteiger partial charge in [0.1, 0.15) is 0 Å². The van der Waals surface area contributed by atoms with Gasteiger partial charge in [-0.2, -0.15) is 0 Å². The first-order valence-corrected chi connectivity index (χ1v) is 17.7. The van der Waals surface area contributed by atoms with Crippen LogP contribution in [0.3, 0.4) is 0 Å². The number of benzene rings is 10. The van der Waals surface area contributed by atoms with E-state index in [0.29, 0.717) is 0 Å². The van der Waals surface area contributed by atoms with E-state index in [2.05, 4.69) is 193 Å². The first kappa shape index (κ1) is 28.2. The Kier molecular flexibility index (Phi) is 6.02. The summed E-state index contributed by atoms with van der Waals surface area (Å²) in [6, 6.07) is 69.3. The molecule has 1 heterocycles. The lowest BCUT2D eigenvalue weighted by Crippen LogP contribution is -1.94. The van der Waals surface area contributed by atoms with Crippen molar-refractivity contribution >= 4 is 75.7 Å². The van der Waals surface area contributed by atoms with Gasteiger partial charge in [-0.15, -0.1) is 0 Å². The second-order valence-corrected chi connectivity index (χ2v) is 13.6. The van der Waals surface area contributed by atoms with Crippen LogP contribution >= 0.6 is 0 Å². The summed E-state index contributed by atoms with van der Waals surface area (Å²) in [5.74, 6) is 0. The van der Waals surface area contributed by atoms with Gasteiger partial charge in [-0.25, -0.2) is 0 Å². The molecule has 0 atom stereocenters. The van der Waals surface area contributed by atoms with Gasteiger partial charge in [0.25, 0.3) is 0 Å². The SMILES string of the molecule is c1ccc(-n2c3ccc4ccccc4c3c3c4ccccc4c(-c4ccc(-c5cc6ccccc6c6ccccc56)c5ccccc45)cc32)cc1. The maximum atomic E-state index is 2.46. The Morgan fingerprint density at radius 1 is 0.255 bits per heavy atom. The van der Waals surface area contributed by atoms with E-state index in [1.807, 2.05) is 0 Å². The molecule has 0 N–H and O–H groups in total. The second-order valence-electron chi connectivity index (χ2n) is 13.6. The summed E-state index contributed by atoms with van der Waals surface area (Å²) in [6.45, 7) is 0. The van der Waals surface area contributed by atoms with E-state index in [0.717, 1.165) is 5.69 Å². The highest BCUT2D eigenvalue weighted by Gasteiger charge is 2.21. The zero-order valence-electron chi connectivity index (χ0n) is 27.8. The highest BCUT2D eigenvalue weighted by Crippen LogP contribution is 2.46. The lowest BCUT2D eigenvalue weighted by Gasteiger charge is -2.17. The molecule has 11 aromatic rings. The number of nitrogens with zero attached hydrogens (tertiary/aromatic N) is 1. The summed E-state index contributed by atoms with van der Waals surface area (Å²) in [4.78, 5) is 0. The van der Waals surface area contributed by atoms with Crippen molar-refractivity contribution in [2.75, 3.05) is 0 Å². The predicted molar refractivity (Wildman–Crippen MR) is 219 cm³/mol. The van der Waals surface area contributed by atoms with E-state index in [9.17, 15) is 0 Å². The fraction of sp³-hybridized carbons (Fsp3) is 0. The summed E-state index contributed by atoms with van der Waals surface area (Å²) in [7, 11) is 0. The van der Waals surface area contributed by atoms with Crippen LogP contribution in [-0.2, 0) is 0 Å². The van der Waals surface area contributed by atoms with Crippen LogP contribution in [0, 0.1) is 0 Å². The van der Waals surface area contributed by atoms with Crippen LogP contribution < -0.4 is 0 Å². The predicted octanol–water partition coefficient (Wildman–Crippen LogP) is 13.9. The molecule has 0 aliphatic heterocycles. The average Bonchev–Trinajstić information content (AvgIpc) is 3.55. The first-order valence-electron chi connectivity index (χ1n) is 17.7. The molecule has 1 nitrogen and oxygen atoms in total. The Balaban J connectivity index is 1.26. The van der Waals surface area contributed by atoms with Crippen molar-refractivity contribution in [1.29, 1.82) is 0 Å². The van der Waals surface area contributed by atoms with Gasteiger partial charge >= 0.3 is 0 Å². The summed E-state index contributed by atoms with van der Waals surface area (Å²) < 4.78 is 2.46. The number of para-hydroxylation sites is 1. The van der Waals surface area contributed by atoms with Gasteiger partial charge in [-0.1, -0.05) is 158 Å². The van der Waals surface area contributed by atoms with Gasteiger partial charge in [0.15, 0.2) is 0 Å². The molecule has 0 saturated heterocycles. The van der Waals surface area contributed by atoms with E-state index >= 15 is 0 Å². The molecule has 51 heavy (non-hydrogen) atoms. The minimum Gasteiger partial charge on any atom is -0.309 e. The molecule has 236 valence electrons. The topological polar surface area (TPSA) is 4.93 Å². The highest BCUT2D eigenvalue weighted by atomic mass is 15.0. The summed E-state index contributed by atoms with van der Waals surface area (Å²) in [6.07, 6.45) is 0. The summed E-state index contributed by atoms with van der Waals surface area (Å²) in [5, 5.41) is 15.3. The maximum absolute atomic E-state index is 2.46. The third kappa shape index (κ3) is 4.09. The molecule has 0 radical (unpaired) electrons. The molecule has 0 aliphatic carbocycles. The Morgan fingerprint density at radius 3 is 1.41 bits per heavy atom. The number of hydrogen-bond donors (Lipinski definition) is 0. The normalized spacial score (nSPS) is 11.9. The van der Waals surface area contributed by atoms with Crippen molar-refractivity contribution in [3.8, 4) is 27.9 Å². The van der Waals surface area contributed by atoms with Crippen molar-refractivity contribution < 1.29 is 0 Å². The molecule has 11 rings (SSSR count). The second kappa shape index (κ2) is 10.9. The average molecular weight is 646 g/mol. The molecule has 1 heteroatoms. The van der Waals surface area contributed by atoms with Gasteiger partial charge in [-0.3, -0.25) is 0 Å². The molecular weight excluding hydrogens is 615 g/mol. The Bertz CT molecular complexity index is 3180. The number of aromatic nitrogens is 1. The molecule has 0 unspecified atom stereocenters. The van der Waals surface area contributed by atoms with Crippen LogP contribution in [0.4, 0.5) is 0 Å². The van der Waals surface area contributed by atoms with Crippen molar-refractivity contribution in [2.24, 2.45) is 0 Å². The zero-order valence-corrected chi connectivity index (χ0v) is 27.8. The first-order chi connectivity index (χ1) is 25.3. The minimum atomic E-state index is 1.16. The Labute approximate surface area is 295 Å². The lowest BCUT2D eigenvalue weighted by atomic mass is 9.87. The van der Waals surface area contributed by atoms with Crippen LogP contribution in [0.25, 0.3) is 104 Å². The molecule has 1 aromatic heterocycles. The van der Waals surface area contributed by atoms with E-state index in [-0.39, 0.29) is 0 Å². The van der Waals surface area contributed by atoms with Gasteiger partial charge in [0, 0.05) is 16.5 Å². The molecule has 0 aliphatic rings. The van der Waals surface area contributed by atoms with Crippen molar-refractivity contribution in [2.45, 2.75) is 0 Å². The Hall–Kier alpha value is -6.70. The van der Waals surface area contributed by atoms with Gasteiger partial charge < -0.3 is 4.57 Å². The van der Waals surface area contributed by atoms with Gasteiger partial charge in [0.05, 0.1) is 11.0 Å². The Morgan fingerprint density at radius 2 is 0.725 bits per heavy atom. The van der Waals surface area contributed by atoms with Crippen LogP contribution in [0.5, 0.6) is 0 Å². The lowest BCUT2D eigenvalue weighted by molar-refractivity contribution is 1.18. The summed E-state index contributed by atoms with van der Waals surface area (Å²) in [5.41, 5.74) is 8.61. The fourth-order valence-electron chi connectivity index (χ4n) is 8.76. The van der Waals surface area contributed by atoms with E-state index in [1.54, 1.807) is 0 Å². The molecule has 0 saturated carbocycles. The monoisotopic (exact) mass is 645 g/mol. The number of rotatable bonds is 3. The standard InChI is InChI=1S/C50H31N/c1-2-16-34(17-3-1)51-47-29-26-32-14-4-7-19-36(32)49(47)50-44-25-13-12-24-41(44)46(31-48(50)51)43-28-27-42(38-21-9-10-22-39(38)43)45-30-33-15-5-6-18-35(33)37-20-8-11-23-40(37)45/h1-31H. The number of hydrogen-bond acceptors (Lipinski definition) is 0. The third-order valence-electron chi connectivity index (χ3n) is 10.9.